The van der Waals surface area contributed by atoms with Gasteiger partial charge in [0.05, 0.1) is 26.2 Å². The number of rotatable bonds is 12. The van der Waals surface area contributed by atoms with Gasteiger partial charge in [0.1, 0.15) is 0 Å². The van der Waals surface area contributed by atoms with Crippen molar-refractivity contribution < 1.29 is 21.5 Å². The summed E-state index contributed by atoms with van der Waals surface area (Å²) in [5.41, 5.74) is 1.41. The van der Waals surface area contributed by atoms with Crippen molar-refractivity contribution in [2.45, 2.75) is 65.7 Å². The molecule has 0 saturated carbocycles. The molecule has 23 heavy (non-hydrogen) atoms. The van der Waals surface area contributed by atoms with Gasteiger partial charge in [0, 0.05) is 11.4 Å². The molecule has 0 amide bonds. The summed E-state index contributed by atoms with van der Waals surface area (Å²) in [6.07, 6.45) is 9.39. The van der Waals surface area contributed by atoms with Gasteiger partial charge in [-0.05, 0) is 50.8 Å². The highest BCUT2D eigenvalue weighted by atomic mass is 79.9. The van der Waals surface area contributed by atoms with Crippen molar-refractivity contribution in [2.24, 2.45) is 0 Å². The van der Waals surface area contributed by atoms with Crippen molar-refractivity contribution in [3.05, 3.63) is 34.9 Å². The molecule has 0 radical (unpaired) electrons. The van der Waals surface area contributed by atoms with Crippen LogP contribution < -0.4 is 17.0 Å². The lowest BCUT2D eigenvalue weighted by atomic mass is 10.1. The van der Waals surface area contributed by atoms with Crippen molar-refractivity contribution in [3.8, 4) is 0 Å². The highest BCUT2D eigenvalue weighted by Crippen LogP contribution is 2.15. The summed E-state index contributed by atoms with van der Waals surface area (Å²) >= 11 is 5.95. The lowest BCUT2D eigenvalue weighted by Gasteiger charge is -2.37. The van der Waals surface area contributed by atoms with Gasteiger partial charge >= 0.3 is 0 Å². The van der Waals surface area contributed by atoms with E-state index in [9.17, 15) is 0 Å². The average Bonchev–Trinajstić information content (AvgIpc) is 2.55. The molecule has 1 rings (SSSR count). The Labute approximate surface area is 159 Å². The molecule has 1 aromatic rings. The molecular weight excluding hydrogens is 370 g/mol. The highest BCUT2D eigenvalue weighted by molar-refractivity contribution is 6.30. The molecule has 0 unspecified atom stereocenters. The summed E-state index contributed by atoms with van der Waals surface area (Å²) in [6.45, 7) is 12.2. The molecule has 0 aliphatic carbocycles. The zero-order valence-electron chi connectivity index (χ0n) is 15.3. The first-order valence-electron chi connectivity index (χ1n) is 9.25. The van der Waals surface area contributed by atoms with Gasteiger partial charge in [-0.25, -0.2) is 0 Å². The Balaban J connectivity index is 0.00000484. The topological polar surface area (TPSA) is 0 Å². The van der Waals surface area contributed by atoms with E-state index in [-0.39, 0.29) is 17.0 Å². The first-order valence-corrected chi connectivity index (χ1v) is 9.63. The molecule has 0 fully saturated rings. The van der Waals surface area contributed by atoms with E-state index in [4.69, 9.17) is 11.6 Å². The van der Waals surface area contributed by atoms with E-state index >= 15 is 0 Å². The van der Waals surface area contributed by atoms with Gasteiger partial charge in [-0.1, -0.05) is 49.9 Å². The maximum atomic E-state index is 5.95. The lowest BCUT2D eigenvalue weighted by Crippen LogP contribution is -3.00. The van der Waals surface area contributed by atoms with Crippen LogP contribution in [0.15, 0.2) is 24.3 Å². The summed E-state index contributed by atoms with van der Waals surface area (Å²) < 4.78 is 1.29. The van der Waals surface area contributed by atoms with Gasteiger partial charge in [-0.15, -0.1) is 0 Å². The van der Waals surface area contributed by atoms with Crippen LogP contribution in [-0.4, -0.2) is 30.7 Å². The number of benzene rings is 1. The summed E-state index contributed by atoms with van der Waals surface area (Å²) in [4.78, 5) is 0. The fraction of sp³-hybridized carbons (Fsp3) is 0.700. The molecule has 0 atom stereocenters. The van der Waals surface area contributed by atoms with E-state index in [2.05, 4.69) is 32.9 Å². The zero-order chi connectivity index (χ0) is 16.3. The molecule has 0 spiro atoms. The van der Waals surface area contributed by atoms with E-state index in [1.54, 1.807) is 0 Å². The predicted molar refractivity (Wildman–Crippen MR) is 99.6 cm³/mol. The number of unbranched alkanes of at least 4 members (excludes halogenated alkanes) is 4. The van der Waals surface area contributed by atoms with Crippen LogP contribution in [0, 0.1) is 0 Å². The third-order valence-electron chi connectivity index (χ3n) is 5.09. The maximum absolute atomic E-state index is 5.95. The summed E-state index contributed by atoms with van der Waals surface area (Å²) in [6, 6.07) is 8.35. The normalized spacial score (nSPS) is 11.3. The van der Waals surface area contributed by atoms with Crippen LogP contribution in [0.3, 0.4) is 0 Å². The van der Waals surface area contributed by atoms with E-state index in [0.29, 0.717) is 0 Å². The van der Waals surface area contributed by atoms with Crippen LogP contribution in [0.5, 0.6) is 0 Å². The summed E-state index contributed by atoms with van der Waals surface area (Å²) in [5.74, 6) is 0. The monoisotopic (exact) mass is 403 g/mol. The molecule has 1 aromatic carbocycles. The number of halogens is 2. The molecule has 1 nitrogen and oxygen atoms in total. The second-order valence-corrected chi connectivity index (χ2v) is 7.00. The molecule has 134 valence electrons. The first kappa shape index (κ1) is 22.9. The van der Waals surface area contributed by atoms with Crippen molar-refractivity contribution in [2.75, 3.05) is 26.2 Å². The van der Waals surface area contributed by atoms with Crippen LogP contribution in [0.1, 0.15) is 64.9 Å². The largest absolute Gasteiger partial charge is 1.00 e. The molecule has 0 N–H and O–H groups in total. The Morgan fingerprint density at radius 3 is 1.91 bits per heavy atom. The zero-order valence-corrected chi connectivity index (χ0v) is 17.6. The number of hydrogen-bond acceptors (Lipinski definition) is 0. The number of aryl methyl sites for hydroxylation is 1. The van der Waals surface area contributed by atoms with Crippen LogP contribution in [0.2, 0.25) is 5.02 Å². The van der Waals surface area contributed by atoms with Crippen LogP contribution in [-0.2, 0) is 6.42 Å². The van der Waals surface area contributed by atoms with E-state index in [0.717, 1.165) is 5.02 Å². The first-order chi connectivity index (χ1) is 10.7. The second kappa shape index (κ2) is 13.3. The predicted octanol–water partition coefficient (Wildman–Crippen LogP) is 3.10. The van der Waals surface area contributed by atoms with Crippen LogP contribution in [0.25, 0.3) is 0 Å². The molecular formula is C20H35BrClN. The fourth-order valence-electron chi connectivity index (χ4n) is 3.29. The van der Waals surface area contributed by atoms with E-state index < -0.39 is 0 Å². The molecule has 3 heteroatoms. The Kier molecular flexibility index (Phi) is 13.2. The van der Waals surface area contributed by atoms with Gasteiger partial charge in [0.25, 0.3) is 0 Å². The molecule has 0 heterocycles. The van der Waals surface area contributed by atoms with Crippen molar-refractivity contribution >= 4 is 11.6 Å². The molecule has 0 aromatic heterocycles. The van der Waals surface area contributed by atoms with E-state index in [1.807, 2.05) is 12.1 Å². The van der Waals surface area contributed by atoms with Crippen molar-refractivity contribution in [1.82, 2.24) is 0 Å². The Hall–Kier alpha value is -0.0500. The number of quaternary nitrogens is 1. The van der Waals surface area contributed by atoms with Gasteiger partial charge in [-0.3, -0.25) is 0 Å². The minimum absolute atomic E-state index is 0. The maximum Gasteiger partial charge on any atom is 0.0789 e. The lowest BCUT2D eigenvalue weighted by molar-refractivity contribution is -0.925. The van der Waals surface area contributed by atoms with Gasteiger partial charge < -0.3 is 21.5 Å². The van der Waals surface area contributed by atoms with Gasteiger partial charge in [-0.2, -0.15) is 0 Å². The standard InChI is InChI=1S/C20H35ClN.BrH/c1-4-7-8-9-10-17-22(5-2,6-3)18-11-12-19-13-15-20(21)16-14-19;/h13-16H,4-12,17-18H2,1-3H3;1H/q+1;/p-1. The Bertz CT molecular complexity index is 387. The SMILES string of the molecule is CCCCCCC[N+](CC)(CC)CCCc1ccc(Cl)cc1.[Br-]. The van der Waals surface area contributed by atoms with Crippen LogP contribution in [0.4, 0.5) is 0 Å². The van der Waals surface area contributed by atoms with Crippen LogP contribution >= 0.6 is 11.6 Å². The highest BCUT2D eigenvalue weighted by Gasteiger charge is 2.21. The third-order valence-corrected chi connectivity index (χ3v) is 5.34. The average molecular weight is 405 g/mol. The Morgan fingerprint density at radius 1 is 0.783 bits per heavy atom. The minimum atomic E-state index is 0. The smallest absolute Gasteiger partial charge is 0.0789 e. The van der Waals surface area contributed by atoms with Gasteiger partial charge in [0.15, 0.2) is 0 Å². The molecule has 0 aliphatic heterocycles. The minimum Gasteiger partial charge on any atom is -1.00 e. The van der Waals surface area contributed by atoms with Crippen molar-refractivity contribution in [3.63, 3.8) is 0 Å². The quantitative estimate of drug-likeness (QED) is 0.371. The summed E-state index contributed by atoms with van der Waals surface area (Å²) in [5, 5.41) is 0.836. The van der Waals surface area contributed by atoms with Gasteiger partial charge in [0.2, 0.25) is 0 Å². The number of hydrogen-bond donors (Lipinski definition) is 0. The van der Waals surface area contributed by atoms with Crippen molar-refractivity contribution in [1.29, 1.82) is 0 Å². The molecule has 0 aliphatic rings. The summed E-state index contributed by atoms with van der Waals surface area (Å²) in [7, 11) is 0. The molecule has 0 saturated heterocycles. The Morgan fingerprint density at radius 2 is 1.35 bits per heavy atom. The molecule has 0 bridgehead atoms. The number of nitrogens with zero attached hydrogens (tertiary/aromatic N) is 1. The fourth-order valence-corrected chi connectivity index (χ4v) is 3.41. The second-order valence-electron chi connectivity index (χ2n) is 6.57. The third kappa shape index (κ3) is 9.12. The van der Waals surface area contributed by atoms with E-state index in [1.165, 1.54) is 81.2 Å².